The Labute approximate surface area is 112 Å². The highest BCUT2D eigenvalue weighted by molar-refractivity contribution is 5.90. The van der Waals surface area contributed by atoms with Crippen molar-refractivity contribution >= 4 is 17.8 Å². The number of aryl methyl sites for hydroxylation is 1. The molecule has 0 spiro atoms. The number of aromatic nitrogens is 1. The third-order valence-corrected chi connectivity index (χ3v) is 2.22. The predicted octanol–water partition coefficient (Wildman–Crippen LogP) is 1.20. The number of hydrogen-bond acceptors (Lipinski definition) is 3. The lowest BCUT2D eigenvalue weighted by Crippen LogP contribution is -2.37. The number of carbonyl (C=O) groups is 2. The molecule has 0 atom stereocenters. The van der Waals surface area contributed by atoms with Crippen LogP contribution in [0, 0.1) is 6.92 Å². The van der Waals surface area contributed by atoms with Crippen LogP contribution in [0.5, 0.6) is 0 Å². The normalized spacial score (nSPS) is 9.53. The van der Waals surface area contributed by atoms with E-state index in [1.54, 1.807) is 18.3 Å². The molecular formula is C13H18N4O2. The SMILES string of the molecule is C=CCNC(=O)NCCC(=O)Nc1ccc(C)cn1. The first kappa shape index (κ1) is 14.7. The number of amides is 3. The minimum atomic E-state index is -0.318. The van der Waals surface area contributed by atoms with Gasteiger partial charge >= 0.3 is 6.03 Å². The van der Waals surface area contributed by atoms with Crippen LogP contribution in [-0.2, 0) is 4.79 Å². The van der Waals surface area contributed by atoms with Crippen LogP contribution in [0.2, 0.25) is 0 Å². The summed E-state index contributed by atoms with van der Waals surface area (Å²) < 4.78 is 0. The average molecular weight is 262 g/mol. The maximum absolute atomic E-state index is 11.6. The molecule has 0 aliphatic carbocycles. The number of nitrogens with zero attached hydrogens (tertiary/aromatic N) is 1. The molecule has 0 fully saturated rings. The Hall–Kier alpha value is -2.37. The largest absolute Gasteiger partial charge is 0.338 e. The highest BCUT2D eigenvalue weighted by Gasteiger charge is 2.04. The monoisotopic (exact) mass is 262 g/mol. The summed E-state index contributed by atoms with van der Waals surface area (Å²) >= 11 is 0. The summed E-state index contributed by atoms with van der Waals surface area (Å²) in [7, 11) is 0. The van der Waals surface area contributed by atoms with Gasteiger partial charge in [-0.1, -0.05) is 12.1 Å². The van der Waals surface area contributed by atoms with Crippen molar-refractivity contribution in [3.8, 4) is 0 Å². The van der Waals surface area contributed by atoms with Gasteiger partial charge in [0.15, 0.2) is 0 Å². The fourth-order valence-electron chi connectivity index (χ4n) is 1.26. The molecule has 3 amide bonds. The first-order valence-corrected chi connectivity index (χ1v) is 5.97. The summed E-state index contributed by atoms with van der Waals surface area (Å²) in [6, 6.07) is 3.28. The van der Waals surface area contributed by atoms with E-state index in [4.69, 9.17) is 0 Å². The number of urea groups is 1. The van der Waals surface area contributed by atoms with Gasteiger partial charge in [-0.15, -0.1) is 6.58 Å². The molecule has 0 saturated carbocycles. The molecule has 6 heteroatoms. The maximum atomic E-state index is 11.6. The number of carbonyl (C=O) groups excluding carboxylic acids is 2. The third-order valence-electron chi connectivity index (χ3n) is 2.22. The quantitative estimate of drug-likeness (QED) is 0.674. The third kappa shape index (κ3) is 6.21. The standard InChI is InChI=1S/C13H18N4O2/c1-3-7-14-13(19)15-8-6-12(18)17-11-5-4-10(2)9-16-11/h3-5,9H,1,6-8H2,2H3,(H2,14,15,19)(H,16,17,18). The zero-order valence-electron chi connectivity index (χ0n) is 10.9. The molecule has 1 aromatic heterocycles. The minimum Gasteiger partial charge on any atom is -0.338 e. The summed E-state index contributed by atoms with van der Waals surface area (Å²) in [5.74, 6) is 0.312. The second-order valence-corrected chi connectivity index (χ2v) is 3.94. The van der Waals surface area contributed by atoms with Gasteiger partial charge in [0.1, 0.15) is 5.82 Å². The van der Waals surface area contributed by atoms with Gasteiger partial charge in [-0.3, -0.25) is 4.79 Å². The molecule has 0 aromatic carbocycles. The van der Waals surface area contributed by atoms with E-state index >= 15 is 0 Å². The summed E-state index contributed by atoms with van der Waals surface area (Å²) in [6.07, 6.45) is 3.45. The highest BCUT2D eigenvalue weighted by Crippen LogP contribution is 2.03. The second kappa shape index (κ2) is 7.86. The van der Waals surface area contributed by atoms with Crippen molar-refractivity contribution in [2.45, 2.75) is 13.3 Å². The Bertz CT molecular complexity index is 442. The van der Waals surface area contributed by atoms with Gasteiger partial charge in [-0.25, -0.2) is 9.78 Å². The van der Waals surface area contributed by atoms with Crippen LogP contribution in [-0.4, -0.2) is 30.0 Å². The van der Waals surface area contributed by atoms with Crippen molar-refractivity contribution in [3.63, 3.8) is 0 Å². The van der Waals surface area contributed by atoms with E-state index in [2.05, 4.69) is 27.5 Å². The number of rotatable bonds is 6. The lowest BCUT2D eigenvalue weighted by molar-refractivity contribution is -0.116. The van der Waals surface area contributed by atoms with E-state index in [1.165, 1.54) is 0 Å². The van der Waals surface area contributed by atoms with E-state index in [0.717, 1.165) is 5.56 Å². The van der Waals surface area contributed by atoms with Crippen molar-refractivity contribution in [3.05, 3.63) is 36.5 Å². The molecule has 0 saturated heterocycles. The number of pyridine rings is 1. The maximum Gasteiger partial charge on any atom is 0.315 e. The summed E-state index contributed by atoms with van der Waals surface area (Å²) in [6.45, 7) is 6.06. The van der Waals surface area contributed by atoms with Crippen LogP contribution in [0.4, 0.5) is 10.6 Å². The fourth-order valence-corrected chi connectivity index (χ4v) is 1.26. The summed E-state index contributed by atoms with van der Waals surface area (Å²) in [4.78, 5) is 26.8. The van der Waals surface area contributed by atoms with Gasteiger partial charge in [0.25, 0.3) is 0 Å². The zero-order valence-corrected chi connectivity index (χ0v) is 10.9. The van der Waals surface area contributed by atoms with Gasteiger partial charge in [-0.05, 0) is 18.6 Å². The van der Waals surface area contributed by atoms with Gasteiger partial charge in [0, 0.05) is 25.7 Å². The number of nitrogens with one attached hydrogen (secondary N) is 3. The molecule has 0 unspecified atom stereocenters. The summed E-state index contributed by atoms with van der Waals surface area (Å²) in [5.41, 5.74) is 1.03. The van der Waals surface area contributed by atoms with Crippen LogP contribution in [0.3, 0.4) is 0 Å². The molecule has 3 N–H and O–H groups in total. The smallest absolute Gasteiger partial charge is 0.315 e. The summed E-state index contributed by atoms with van der Waals surface area (Å²) in [5, 5.41) is 7.76. The topological polar surface area (TPSA) is 83.1 Å². The van der Waals surface area contributed by atoms with Crippen LogP contribution in [0.1, 0.15) is 12.0 Å². The van der Waals surface area contributed by atoms with Gasteiger partial charge < -0.3 is 16.0 Å². The van der Waals surface area contributed by atoms with Crippen molar-refractivity contribution in [2.24, 2.45) is 0 Å². The molecule has 1 rings (SSSR count). The van der Waals surface area contributed by atoms with Gasteiger partial charge in [-0.2, -0.15) is 0 Å². The first-order valence-electron chi connectivity index (χ1n) is 5.97. The van der Waals surface area contributed by atoms with Crippen LogP contribution < -0.4 is 16.0 Å². The molecule has 0 aliphatic rings. The van der Waals surface area contributed by atoms with Crippen molar-refractivity contribution in [2.75, 3.05) is 18.4 Å². The predicted molar refractivity (Wildman–Crippen MR) is 73.8 cm³/mol. The lowest BCUT2D eigenvalue weighted by atomic mass is 10.3. The van der Waals surface area contributed by atoms with Crippen LogP contribution in [0.25, 0.3) is 0 Å². The Balaban J connectivity index is 2.22. The molecule has 1 heterocycles. The van der Waals surface area contributed by atoms with E-state index in [1.807, 2.05) is 13.0 Å². The Morgan fingerprint density at radius 2 is 2.16 bits per heavy atom. The van der Waals surface area contributed by atoms with Gasteiger partial charge in [0.2, 0.25) is 5.91 Å². The zero-order chi connectivity index (χ0) is 14.1. The second-order valence-electron chi connectivity index (χ2n) is 3.94. The molecule has 0 radical (unpaired) electrons. The first-order chi connectivity index (χ1) is 9.11. The highest BCUT2D eigenvalue weighted by atomic mass is 16.2. The Morgan fingerprint density at radius 1 is 1.37 bits per heavy atom. The molecular weight excluding hydrogens is 244 g/mol. The van der Waals surface area contributed by atoms with Crippen molar-refractivity contribution in [1.82, 2.24) is 15.6 Å². The van der Waals surface area contributed by atoms with Gasteiger partial charge in [0.05, 0.1) is 0 Å². The lowest BCUT2D eigenvalue weighted by Gasteiger charge is -2.06. The molecule has 102 valence electrons. The van der Waals surface area contributed by atoms with Crippen molar-refractivity contribution < 1.29 is 9.59 Å². The minimum absolute atomic E-state index is 0.192. The molecule has 0 bridgehead atoms. The van der Waals surface area contributed by atoms with Crippen molar-refractivity contribution in [1.29, 1.82) is 0 Å². The number of hydrogen-bond donors (Lipinski definition) is 3. The Morgan fingerprint density at radius 3 is 2.79 bits per heavy atom. The molecule has 0 aliphatic heterocycles. The van der Waals surface area contributed by atoms with Crippen LogP contribution in [0.15, 0.2) is 31.0 Å². The molecule has 19 heavy (non-hydrogen) atoms. The average Bonchev–Trinajstić information content (AvgIpc) is 2.39. The Kier molecular flexibility index (Phi) is 6.08. The fraction of sp³-hybridized carbons (Fsp3) is 0.308. The van der Waals surface area contributed by atoms with E-state index < -0.39 is 0 Å². The van der Waals surface area contributed by atoms with E-state index in [0.29, 0.717) is 12.4 Å². The molecule has 6 nitrogen and oxygen atoms in total. The van der Waals surface area contributed by atoms with E-state index in [-0.39, 0.29) is 24.9 Å². The number of anilines is 1. The van der Waals surface area contributed by atoms with E-state index in [9.17, 15) is 9.59 Å². The van der Waals surface area contributed by atoms with Crippen LogP contribution >= 0.6 is 0 Å². The molecule has 1 aromatic rings.